The fourth-order valence-electron chi connectivity index (χ4n) is 2.80. The van der Waals surface area contributed by atoms with Gasteiger partial charge < -0.3 is 14.7 Å². The summed E-state index contributed by atoms with van der Waals surface area (Å²) in [6, 6.07) is 5.04. The SMILES string of the molecule is CC1(C)CCN(c2ccc(C(=O)O)c(NC(=O)OC(C)(C)C)c2)CC1. The van der Waals surface area contributed by atoms with Gasteiger partial charge in [0.1, 0.15) is 5.60 Å². The van der Waals surface area contributed by atoms with Crippen LogP contribution in [0.5, 0.6) is 0 Å². The molecule has 1 amide bonds. The quantitative estimate of drug-likeness (QED) is 0.848. The van der Waals surface area contributed by atoms with Crippen molar-refractivity contribution in [3.8, 4) is 0 Å². The predicted octanol–water partition coefficient (Wildman–Crippen LogP) is 4.36. The summed E-state index contributed by atoms with van der Waals surface area (Å²) in [7, 11) is 0. The Labute approximate surface area is 149 Å². The van der Waals surface area contributed by atoms with E-state index in [9.17, 15) is 14.7 Å². The number of piperidine rings is 1. The Hall–Kier alpha value is -2.24. The summed E-state index contributed by atoms with van der Waals surface area (Å²) >= 11 is 0. The van der Waals surface area contributed by atoms with Gasteiger partial charge in [0.15, 0.2) is 0 Å². The number of carboxylic acid groups (broad SMARTS) is 1. The second kappa shape index (κ2) is 6.94. The van der Waals surface area contributed by atoms with Gasteiger partial charge in [0.25, 0.3) is 0 Å². The number of rotatable bonds is 3. The molecule has 1 aliphatic rings. The fraction of sp³-hybridized carbons (Fsp3) is 0.579. The summed E-state index contributed by atoms with van der Waals surface area (Å²) in [6.07, 6.45) is 1.48. The molecule has 2 N–H and O–H groups in total. The normalized spacial score (nSPS) is 17.1. The zero-order valence-corrected chi connectivity index (χ0v) is 15.7. The highest BCUT2D eigenvalue weighted by molar-refractivity contribution is 5.99. The molecule has 1 fully saturated rings. The number of nitrogens with zero attached hydrogens (tertiary/aromatic N) is 1. The van der Waals surface area contributed by atoms with E-state index in [1.807, 2.05) is 0 Å². The van der Waals surface area contributed by atoms with Crippen LogP contribution in [-0.4, -0.2) is 35.9 Å². The lowest BCUT2D eigenvalue weighted by Crippen LogP contribution is -2.37. The third kappa shape index (κ3) is 5.37. The Morgan fingerprint density at radius 1 is 1.20 bits per heavy atom. The van der Waals surface area contributed by atoms with Gasteiger partial charge in [0, 0.05) is 18.8 Å². The lowest BCUT2D eigenvalue weighted by Gasteiger charge is -2.38. The largest absolute Gasteiger partial charge is 0.478 e. The van der Waals surface area contributed by atoms with Crippen LogP contribution in [0, 0.1) is 5.41 Å². The van der Waals surface area contributed by atoms with Crippen LogP contribution in [0.15, 0.2) is 18.2 Å². The number of anilines is 2. The average molecular weight is 348 g/mol. The van der Waals surface area contributed by atoms with Gasteiger partial charge in [-0.05, 0) is 57.2 Å². The highest BCUT2D eigenvalue weighted by Gasteiger charge is 2.26. The molecule has 0 aromatic heterocycles. The van der Waals surface area contributed by atoms with Crippen molar-refractivity contribution in [2.75, 3.05) is 23.3 Å². The van der Waals surface area contributed by atoms with Gasteiger partial charge in [0.05, 0.1) is 11.3 Å². The van der Waals surface area contributed by atoms with E-state index in [4.69, 9.17) is 4.74 Å². The van der Waals surface area contributed by atoms with E-state index in [-0.39, 0.29) is 11.3 Å². The van der Waals surface area contributed by atoms with Gasteiger partial charge in [-0.2, -0.15) is 0 Å². The summed E-state index contributed by atoms with van der Waals surface area (Å²) in [5.41, 5.74) is 0.890. The summed E-state index contributed by atoms with van der Waals surface area (Å²) in [4.78, 5) is 25.7. The molecule has 1 aromatic carbocycles. The molecule has 1 saturated heterocycles. The average Bonchev–Trinajstić information content (AvgIpc) is 2.44. The van der Waals surface area contributed by atoms with E-state index >= 15 is 0 Å². The number of hydrogen-bond donors (Lipinski definition) is 2. The van der Waals surface area contributed by atoms with Crippen molar-refractivity contribution in [3.05, 3.63) is 23.8 Å². The van der Waals surface area contributed by atoms with Crippen molar-refractivity contribution >= 4 is 23.4 Å². The third-order valence-corrected chi connectivity index (χ3v) is 4.35. The number of carbonyl (C=O) groups is 2. The van der Waals surface area contributed by atoms with Crippen LogP contribution >= 0.6 is 0 Å². The van der Waals surface area contributed by atoms with Crippen molar-refractivity contribution in [2.24, 2.45) is 5.41 Å². The molecular formula is C19H28N2O4. The number of carbonyl (C=O) groups excluding carboxylic acids is 1. The number of nitrogens with one attached hydrogen (secondary N) is 1. The number of ether oxygens (including phenoxy) is 1. The minimum Gasteiger partial charge on any atom is -0.478 e. The Balaban J connectivity index is 2.22. The van der Waals surface area contributed by atoms with Crippen LogP contribution in [0.3, 0.4) is 0 Å². The van der Waals surface area contributed by atoms with E-state index in [1.165, 1.54) is 6.07 Å². The molecule has 0 aliphatic carbocycles. The van der Waals surface area contributed by atoms with Crippen LogP contribution in [0.1, 0.15) is 57.8 Å². The van der Waals surface area contributed by atoms with E-state index in [2.05, 4.69) is 24.1 Å². The number of aromatic carboxylic acids is 1. The smallest absolute Gasteiger partial charge is 0.412 e. The Morgan fingerprint density at radius 2 is 1.80 bits per heavy atom. The molecule has 1 aromatic rings. The van der Waals surface area contributed by atoms with Gasteiger partial charge in [0.2, 0.25) is 0 Å². The van der Waals surface area contributed by atoms with Crippen LogP contribution in [0.25, 0.3) is 0 Å². The standard InChI is InChI=1S/C19H28N2O4/c1-18(2,3)25-17(24)20-15-12-13(6-7-14(15)16(22)23)21-10-8-19(4,5)9-11-21/h6-7,12H,8-11H2,1-5H3,(H,20,24)(H,22,23). The predicted molar refractivity (Wildman–Crippen MR) is 98.5 cm³/mol. The first-order valence-corrected chi connectivity index (χ1v) is 8.59. The van der Waals surface area contributed by atoms with E-state index in [0.717, 1.165) is 31.6 Å². The summed E-state index contributed by atoms with van der Waals surface area (Å²) in [6.45, 7) is 11.6. The van der Waals surface area contributed by atoms with Gasteiger partial charge in [-0.1, -0.05) is 13.8 Å². The van der Waals surface area contributed by atoms with Crippen molar-refractivity contribution in [3.63, 3.8) is 0 Å². The molecule has 0 bridgehead atoms. The topological polar surface area (TPSA) is 78.9 Å². The molecule has 1 heterocycles. The molecule has 25 heavy (non-hydrogen) atoms. The maximum absolute atomic E-state index is 12.0. The molecule has 0 atom stereocenters. The van der Waals surface area contributed by atoms with Crippen LogP contribution in [0.4, 0.5) is 16.2 Å². The van der Waals surface area contributed by atoms with Crippen LogP contribution in [0.2, 0.25) is 0 Å². The lowest BCUT2D eigenvalue weighted by atomic mass is 9.82. The molecule has 138 valence electrons. The molecule has 0 spiro atoms. The zero-order chi connectivity index (χ0) is 18.8. The first-order valence-electron chi connectivity index (χ1n) is 8.59. The number of amides is 1. The van der Waals surface area contributed by atoms with Crippen LogP contribution < -0.4 is 10.2 Å². The van der Waals surface area contributed by atoms with E-state index in [0.29, 0.717) is 5.41 Å². The van der Waals surface area contributed by atoms with E-state index < -0.39 is 17.7 Å². The van der Waals surface area contributed by atoms with Gasteiger partial charge in [-0.15, -0.1) is 0 Å². The lowest BCUT2D eigenvalue weighted by molar-refractivity contribution is 0.0636. The van der Waals surface area contributed by atoms with Gasteiger partial charge in [-0.25, -0.2) is 9.59 Å². The Morgan fingerprint density at radius 3 is 2.32 bits per heavy atom. The number of hydrogen-bond acceptors (Lipinski definition) is 4. The molecule has 0 radical (unpaired) electrons. The van der Waals surface area contributed by atoms with Gasteiger partial charge in [-0.3, -0.25) is 5.32 Å². The number of carboxylic acids is 1. The van der Waals surface area contributed by atoms with Crippen molar-refractivity contribution in [1.29, 1.82) is 0 Å². The molecule has 6 nitrogen and oxygen atoms in total. The minimum atomic E-state index is -1.09. The number of benzene rings is 1. The second-order valence-corrected chi connectivity index (χ2v) is 8.31. The van der Waals surface area contributed by atoms with E-state index in [1.54, 1.807) is 32.9 Å². The molecule has 0 unspecified atom stereocenters. The molecule has 6 heteroatoms. The summed E-state index contributed by atoms with van der Waals surface area (Å²) in [5.74, 6) is -1.09. The zero-order valence-electron chi connectivity index (χ0n) is 15.7. The van der Waals surface area contributed by atoms with Crippen molar-refractivity contribution in [1.82, 2.24) is 0 Å². The van der Waals surface area contributed by atoms with Crippen LogP contribution in [-0.2, 0) is 4.74 Å². The molecule has 1 aliphatic heterocycles. The fourth-order valence-corrected chi connectivity index (χ4v) is 2.80. The highest BCUT2D eigenvalue weighted by atomic mass is 16.6. The monoisotopic (exact) mass is 348 g/mol. The Kier molecular flexibility index (Phi) is 5.30. The molecular weight excluding hydrogens is 320 g/mol. The van der Waals surface area contributed by atoms with Gasteiger partial charge >= 0.3 is 12.1 Å². The highest BCUT2D eigenvalue weighted by Crippen LogP contribution is 2.33. The second-order valence-electron chi connectivity index (χ2n) is 8.31. The molecule has 0 saturated carbocycles. The Bertz CT molecular complexity index is 652. The summed E-state index contributed by atoms with van der Waals surface area (Å²) < 4.78 is 5.23. The minimum absolute atomic E-state index is 0.0481. The van der Waals surface area contributed by atoms with Crippen molar-refractivity contribution in [2.45, 2.75) is 53.1 Å². The first-order chi connectivity index (χ1) is 11.5. The first kappa shape index (κ1) is 19.1. The molecule has 2 rings (SSSR count). The summed E-state index contributed by atoms with van der Waals surface area (Å²) in [5, 5.41) is 12.0. The maximum atomic E-state index is 12.0. The maximum Gasteiger partial charge on any atom is 0.412 e. The third-order valence-electron chi connectivity index (χ3n) is 4.35. The van der Waals surface area contributed by atoms with Crippen molar-refractivity contribution < 1.29 is 19.4 Å².